The molecule has 182 valence electrons. The molecule has 0 fully saturated rings. The van der Waals surface area contributed by atoms with Crippen LogP contribution in [0.3, 0.4) is 0 Å². The van der Waals surface area contributed by atoms with Gasteiger partial charge in [-0.15, -0.1) is 10.2 Å². The zero-order valence-electron chi connectivity index (χ0n) is 20.6. The standard InChI is InChI=1S/C28H29N7O/c1-3-7-26-20(2)34(17-15-21-8-5-4-6-9-21)28(36)35(26)19-22-10-12-23(13-11-22)24-14-16-29-18-25(24)27-30-32-33-31-27/h4-6,8-14,16,18H,3,7,15,17,19H2,1-2H3,(H,30,31,32,33). The largest absolute Gasteiger partial charge is 0.328 e. The summed E-state index contributed by atoms with van der Waals surface area (Å²) in [6.45, 7) is 5.44. The van der Waals surface area contributed by atoms with Crippen LogP contribution in [0.5, 0.6) is 0 Å². The molecular formula is C28H29N7O. The molecule has 5 rings (SSSR count). The van der Waals surface area contributed by atoms with Gasteiger partial charge in [0.25, 0.3) is 0 Å². The van der Waals surface area contributed by atoms with E-state index in [2.05, 4.69) is 75.9 Å². The van der Waals surface area contributed by atoms with E-state index in [9.17, 15) is 4.79 Å². The number of imidazole rings is 1. The molecule has 3 aromatic heterocycles. The minimum Gasteiger partial charge on any atom is -0.296 e. The van der Waals surface area contributed by atoms with Crippen molar-refractivity contribution in [1.29, 1.82) is 0 Å². The van der Waals surface area contributed by atoms with E-state index in [-0.39, 0.29) is 5.69 Å². The Labute approximate surface area is 209 Å². The lowest BCUT2D eigenvalue weighted by Crippen LogP contribution is -2.26. The number of aromatic nitrogens is 7. The van der Waals surface area contributed by atoms with Crippen LogP contribution in [0.2, 0.25) is 0 Å². The molecule has 8 nitrogen and oxygen atoms in total. The summed E-state index contributed by atoms with van der Waals surface area (Å²) in [4.78, 5) is 17.7. The van der Waals surface area contributed by atoms with E-state index in [0.29, 0.717) is 18.9 Å². The first kappa shape index (κ1) is 23.4. The van der Waals surface area contributed by atoms with E-state index in [4.69, 9.17) is 0 Å². The van der Waals surface area contributed by atoms with Gasteiger partial charge < -0.3 is 0 Å². The normalized spacial score (nSPS) is 11.2. The number of nitrogens with one attached hydrogen (secondary N) is 1. The van der Waals surface area contributed by atoms with Gasteiger partial charge in [0, 0.05) is 35.9 Å². The van der Waals surface area contributed by atoms with Gasteiger partial charge in [-0.05, 0) is 53.3 Å². The number of tetrazole rings is 1. The Morgan fingerprint density at radius 1 is 0.889 bits per heavy atom. The van der Waals surface area contributed by atoms with Crippen molar-refractivity contribution in [3.63, 3.8) is 0 Å². The first-order valence-electron chi connectivity index (χ1n) is 12.3. The zero-order valence-corrected chi connectivity index (χ0v) is 20.6. The molecule has 0 spiro atoms. The number of aromatic amines is 1. The summed E-state index contributed by atoms with van der Waals surface area (Å²) in [5.74, 6) is 0.505. The van der Waals surface area contributed by atoms with Crippen LogP contribution in [-0.2, 0) is 25.9 Å². The van der Waals surface area contributed by atoms with E-state index in [1.54, 1.807) is 12.4 Å². The van der Waals surface area contributed by atoms with Crippen LogP contribution in [0.15, 0.2) is 77.9 Å². The van der Waals surface area contributed by atoms with Crippen LogP contribution < -0.4 is 5.69 Å². The third kappa shape index (κ3) is 4.75. The van der Waals surface area contributed by atoms with Crippen molar-refractivity contribution < 1.29 is 0 Å². The Hall–Kier alpha value is -4.33. The van der Waals surface area contributed by atoms with Crippen LogP contribution in [0, 0.1) is 6.92 Å². The second-order valence-electron chi connectivity index (χ2n) is 8.89. The van der Waals surface area contributed by atoms with Crippen LogP contribution in [0.25, 0.3) is 22.5 Å². The molecule has 8 heteroatoms. The molecule has 0 radical (unpaired) electrons. The van der Waals surface area contributed by atoms with Gasteiger partial charge in [0.2, 0.25) is 5.82 Å². The number of hydrogen-bond acceptors (Lipinski definition) is 5. The summed E-state index contributed by atoms with van der Waals surface area (Å²) < 4.78 is 3.87. The van der Waals surface area contributed by atoms with Crippen molar-refractivity contribution in [2.45, 2.75) is 46.2 Å². The van der Waals surface area contributed by atoms with Crippen LogP contribution in [0.4, 0.5) is 0 Å². The SMILES string of the molecule is CCCc1c(C)n(CCc2ccccc2)c(=O)n1Cc1ccc(-c2ccncc2-c2nn[nH]n2)cc1. The number of H-pyrrole nitrogens is 1. The maximum atomic E-state index is 13.5. The molecule has 0 amide bonds. The second kappa shape index (κ2) is 10.5. The molecule has 36 heavy (non-hydrogen) atoms. The van der Waals surface area contributed by atoms with E-state index >= 15 is 0 Å². The average Bonchev–Trinajstić information content (AvgIpc) is 3.53. The minimum absolute atomic E-state index is 0.0597. The summed E-state index contributed by atoms with van der Waals surface area (Å²) in [5.41, 5.74) is 7.37. The topological polar surface area (TPSA) is 94.3 Å². The highest BCUT2D eigenvalue weighted by Gasteiger charge is 2.17. The van der Waals surface area contributed by atoms with Crippen molar-refractivity contribution in [1.82, 2.24) is 34.7 Å². The molecule has 2 aromatic carbocycles. The molecule has 1 N–H and O–H groups in total. The lowest BCUT2D eigenvalue weighted by molar-refractivity contribution is 0.621. The van der Waals surface area contributed by atoms with E-state index < -0.39 is 0 Å². The highest BCUT2D eigenvalue weighted by atomic mass is 16.1. The summed E-state index contributed by atoms with van der Waals surface area (Å²) in [5, 5.41) is 14.4. The summed E-state index contributed by atoms with van der Waals surface area (Å²) >= 11 is 0. The van der Waals surface area contributed by atoms with Crippen LogP contribution in [0.1, 0.15) is 35.9 Å². The van der Waals surface area contributed by atoms with Crippen molar-refractivity contribution in [3.05, 3.63) is 106 Å². The highest BCUT2D eigenvalue weighted by Crippen LogP contribution is 2.29. The Kier molecular flexibility index (Phi) is 6.84. The zero-order chi connectivity index (χ0) is 24.9. The smallest absolute Gasteiger partial charge is 0.296 e. The van der Waals surface area contributed by atoms with Gasteiger partial charge in [-0.25, -0.2) is 4.79 Å². The van der Waals surface area contributed by atoms with E-state index in [1.165, 1.54) is 5.56 Å². The Morgan fingerprint density at radius 2 is 1.69 bits per heavy atom. The molecule has 5 aromatic rings. The average molecular weight is 480 g/mol. The van der Waals surface area contributed by atoms with Gasteiger partial charge in [-0.3, -0.25) is 14.1 Å². The lowest BCUT2D eigenvalue weighted by atomic mass is 10.00. The molecule has 0 aliphatic heterocycles. The maximum Gasteiger partial charge on any atom is 0.328 e. The first-order chi connectivity index (χ1) is 17.7. The Bertz CT molecular complexity index is 1480. The van der Waals surface area contributed by atoms with Crippen molar-refractivity contribution in [2.24, 2.45) is 0 Å². The van der Waals surface area contributed by atoms with Gasteiger partial charge >= 0.3 is 5.69 Å². The van der Waals surface area contributed by atoms with Gasteiger partial charge in [-0.2, -0.15) is 5.21 Å². The van der Waals surface area contributed by atoms with Gasteiger partial charge in [0.15, 0.2) is 0 Å². The van der Waals surface area contributed by atoms with Crippen molar-refractivity contribution >= 4 is 0 Å². The molecule has 0 unspecified atom stereocenters. The number of hydrogen-bond donors (Lipinski definition) is 1. The quantitative estimate of drug-likeness (QED) is 0.337. The number of pyridine rings is 1. The minimum atomic E-state index is 0.0597. The number of nitrogens with zero attached hydrogens (tertiary/aromatic N) is 6. The molecule has 0 aliphatic carbocycles. The molecule has 0 bridgehead atoms. The third-order valence-corrected chi connectivity index (χ3v) is 6.58. The van der Waals surface area contributed by atoms with Crippen LogP contribution >= 0.6 is 0 Å². The molecule has 0 aliphatic rings. The molecular weight excluding hydrogens is 450 g/mol. The number of aryl methyl sites for hydroxylation is 1. The van der Waals surface area contributed by atoms with Crippen LogP contribution in [-0.4, -0.2) is 34.7 Å². The Balaban J connectivity index is 1.41. The van der Waals surface area contributed by atoms with E-state index in [0.717, 1.165) is 52.9 Å². The number of benzene rings is 2. The predicted molar refractivity (Wildman–Crippen MR) is 140 cm³/mol. The fourth-order valence-electron chi connectivity index (χ4n) is 4.69. The second-order valence-corrected chi connectivity index (χ2v) is 8.89. The summed E-state index contributed by atoms with van der Waals surface area (Å²) in [6, 6.07) is 20.6. The van der Waals surface area contributed by atoms with Gasteiger partial charge in [0.05, 0.1) is 6.54 Å². The van der Waals surface area contributed by atoms with Crippen molar-refractivity contribution in [3.8, 4) is 22.5 Å². The predicted octanol–water partition coefficient (Wildman–Crippen LogP) is 4.44. The van der Waals surface area contributed by atoms with Gasteiger partial charge in [-0.1, -0.05) is 67.9 Å². The monoisotopic (exact) mass is 479 g/mol. The summed E-state index contributed by atoms with van der Waals surface area (Å²) in [6.07, 6.45) is 6.20. The molecule has 0 atom stereocenters. The number of rotatable bonds is 9. The molecule has 3 heterocycles. The third-order valence-electron chi connectivity index (χ3n) is 6.58. The summed E-state index contributed by atoms with van der Waals surface area (Å²) in [7, 11) is 0. The van der Waals surface area contributed by atoms with E-state index in [1.807, 2.05) is 33.4 Å². The lowest BCUT2D eigenvalue weighted by Gasteiger charge is -2.10. The fourth-order valence-corrected chi connectivity index (χ4v) is 4.69. The van der Waals surface area contributed by atoms with Crippen molar-refractivity contribution in [2.75, 3.05) is 0 Å². The fraction of sp³-hybridized carbons (Fsp3) is 0.250. The molecule has 0 saturated heterocycles. The van der Waals surface area contributed by atoms with Gasteiger partial charge in [0.1, 0.15) is 0 Å². The Morgan fingerprint density at radius 3 is 2.42 bits per heavy atom. The highest BCUT2D eigenvalue weighted by molar-refractivity contribution is 5.79. The molecule has 0 saturated carbocycles. The maximum absolute atomic E-state index is 13.5. The first-order valence-corrected chi connectivity index (χ1v) is 12.3.